The van der Waals surface area contributed by atoms with E-state index in [1.807, 2.05) is 0 Å². The minimum atomic E-state index is 0.421. The highest BCUT2D eigenvalue weighted by Gasteiger charge is 2.32. The summed E-state index contributed by atoms with van der Waals surface area (Å²) in [6, 6.07) is 0.930. The Bertz CT molecular complexity index is 361. The van der Waals surface area contributed by atoms with Crippen molar-refractivity contribution in [3.8, 4) is 0 Å². The Balaban J connectivity index is 2.33. The topological polar surface area (TPSA) is 6.48 Å². The monoisotopic (exact) mass is 218 g/mol. The Kier molecular flexibility index (Phi) is 2.83. The molecule has 2 heteroatoms. The number of allylic oxidation sites excluding steroid dienone is 3. The molecule has 2 heterocycles. The molecule has 16 heavy (non-hydrogen) atoms. The Hall–Kier alpha value is -1.18. The molecule has 0 fully saturated rings. The summed E-state index contributed by atoms with van der Waals surface area (Å²) in [6.45, 7) is 11.2. The van der Waals surface area contributed by atoms with Gasteiger partial charge in [0.25, 0.3) is 0 Å². The molecule has 0 aliphatic carbocycles. The molecule has 0 N–H and O–H groups in total. The quantitative estimate of drug-likeness (QED) is 0.701. The molecule has 2 aliphatic heterocycles. The van der Waals surface area contributed by atoms with Gasteiger partial charge in [0.15, 0.2) is 0 Å². The zero-order valence-corrected chi connectivity index (χ0v) is 10.9. The molecular formula is C14H22N2. The van der Waals surface area contributed by atoms with Gasteiger partial charge in [0, 0.05) is 17.9 Å². The van der Waals surface area contributed by atoms with Crippen molar-refractivity contribution < 1.29 is 0 Å². The van der Waals surface area contributed by atoms with Crippen LogP contribution < -0.4 is 0 Å². The third kappa shape index (κ3) is 1.77. The smallest absolute Gasteiger partial charge is 0.0886 e. The summed E-state index contributed by atoms with van der Waals surface area (Å²) in [7, 11) is 0. The zero-order chi connectivity index (χ0) is 11.9. The number of nitrogens with zero attached hydrogens (tertiary/aromatic N) is 2. The number of fused-ring (bicyclic) bond motifs is 1. The van der Waals surface area contributed by atoms with Crippen LogP contribution in [0.15, 0.2) is 35.7 Å². The molecule has 0 amide bonds. The Morgan fingerprint density at radius 1 is 1.12 bits per heavy atom. The van der Waals surface area contributed by atoms with Gasteiger partial charge in [-0.1, -0.05) is 25.5 Å². The van der Waals surface area contributed by atoms with Crippen molar-refractivity contribution in [1.29, 1.82) is 0 Å². The summed E-state index contributed by atoms with van der Waals surface area (Å²) in [5.74, 6) is 0.579. The second kappa shape index (κ2) is 4.00. The predicted octanol–water partition coefficient (Wildman–Crippen LogP) is 3.31. The average molecular weight is 218 g/mol. The van der Waals surface area contributed by atoms with Gasteiger partial charge in [-0.05, 0) is 38.8 Å². The van der Waals surface area contributed by atoms with E-state index >= 15 is 0 Å². The van der Waals surface area contributed by atoms with Gasteiger partial charge in [0.05, 0.1) is 6.04 Å². The largest absolute Gasteiger partial charge is 0.287 e. The molecular weight excluding hydrogens is 196 g/mol. The fourth-order valence-electron chi connectivity index (χ4n) is 2.44. The van der Waals surface area contributed by atoms with Gasteiger partial charge in [-0.15, -0.1) is 0 Å². The predicted molar refractivity (Wildman–Crippen MR) is 68.4 cm³/mol. The van der Waals surface area contributed by atoms with Crippen molar-refractivity contribution >= 4 is 0 Å². The Labute approximate surface area is 98.9 Å². The van der Waals surface area contributed by atoms with Crippen LogP contribution in [-0.4, -0.2) is 22.1 Å². The highest BCUT2D eigenvalue weighted by atomic mass is 15.7. The standard InChI is InChI=1S/C14H22N2/c1-10(2)14-9-13-8-12(5)6-7-15(13)16(14)11(3)4/h6-11,13H,1-5H3. The highest BCUT2D eigenvalue weighted by molar-refractivity contribution is 5.31. The molecule has 0 aromatic rings. The van der Waals surface area contributed by atoms with Gasteiger partial charge in [-0.25, -0.2) is 0 Å². The van der Waals surface area contributed by atoms with Gasteiger partial charge in [-0.2, -0.15) is 0 Å². The van der Waals surface area contributed by atoms with Crippen molar-refractivity contribution in [1.82, 2.24) is 10.0 Å². The molecule has 2 rings (SSSR count). The van der Waals surface area contributed by atoms with Crippen molar-refractivity contribution in [2.45, 2.75) is 46.7 Å². The minimum absolute atomic E-state index is 0.421. The molecule has 88 valence electrons. The van der Waals surface area contributed by atoms with Gasteiger partial charge < -0.3 is 0 Å². The van der Waals surface area contributed by atoms with E-state index in [1.54, 1.807) is 0 Å². The van der Waals surface area contributed by atoms with Crippen LogP contribution in [0, 0.1) is 5.92 Å². The van der Waals surface area contributed by atoms with Crippen molar-refractivity contribution in [2.24, 2.45) is 5.92 Å². The summed E-state index contributed by atoms with van der Waals surface area (Å²) < 4.78 is 0. The minimum Gasteiger partial charge on any atom is -0.287 e. The van der Waals surface area contributed by atoms with E-state index < -0.39 is 0 Å². The van der Waals surface area contributed by atoms with E-state index in [2.05, 4.69) is 69.1 Å². The van der Waals surface area contributed by atoms with Crippen molar-refractivity contribution in [3.63, 3.8) is 0 Å². The maximum atomic E-state index is 2.41. The molecule has 0 saturated heterocycles. The molecule has 2 aliphatic rings. The van der Waals surface area contributed by atoms with E-state index in [0.29, 0.717) is 18.0 Å². The number of hydrogen-bond donors (Lipinski definition) is 0. The number of rotatable bonds is 2. The summed E-state index contributed by atoms with van der Waals surface area (Å²) >= 11 is 0. The zero-order valence-electron chi connectivity index (χ0n) is 10.9. The van der Waals surface area contributed by atoms with Gasteiger partial charge in [-0.3, -0.25) is 10.0 Å². The van der Waals surface area contributed by atoms with E-state index in [0.717, 1.165) is 0 Å². The first-order valence-corrected chi connectivity index (χ1v) is 6.16. The van der Waals surface area contributed by atoms with Gasteiger partial charge in [0.2, 0.25) is 0 Å². The lowest BCUT2D eigenvalue weighted by Crippen LogP contribution is -2.43. The second-order valence-electron chi connectivity index (χ2n) is 5.28. The third-order valence-corrected chi connectivity index (χ3v) is 3.16. The third-order valence-electron chi connectivity index (χ3n) is 3.16. The van der Waals surface area contributed by atoms with Crippen LogP contribution in [0.2, 0.25) is 0 Å². The Morgan fingerprint density at radius 2 is 1.81 bits per heavy atom. The van der Waals surface area contributed by atoms with Crippen LogP contribution in [-0.2, 0) is 0 Å². The van der Waals surface area contributed by atoms with Crippen molar-refractivity contribution in [2.75, 3.05) is 0 Å². The first-order chi connectivity index (χ1) is 7.50. The molecule has 1 unspecified atom stereocenters. The van der Waals surface area contributed by atoms with Crippen LogP contribution in [0.5, 0.6) is 0 Å². The molecule has 2 nitrogen and oxygen atoms in total. The lowest BCUT2D eigenvalue weighted by atomic mass is 10.1. The fourth-order valence-corrected chi connectivity index (χ4v) is 2.44. The maximum Gasteiger partial charge on any atom is 0.0886 e. The number of hydrazine groups is 1. The van der Waals surface area contributed by atoms with E-state index in [1.165, 1.54) is 11.3 Å². The highest BCUT2D eigenvalue weighted by Crippen LogP contribution is 2.33. The van der Waals surface area contributed by atoms with E-state index in [4.69, 9.17) is 0 Å². The molecule has 0 spiro atoms. The summed E-state index contributed by atoms with van der Waals surface area (Å²) in [6.07, 6.45) is 9.09. The molecule has 0 bridgehead atoms. The first-order valence-electron chi connectivity index (χ1n) is 6.16. The van der Waals surface area contributed by atoms with Crippen LogP contribution >= 0.6 is 0 Å². The SMILES string of the molecule is CC1=CC2C=C(C(C)C)N(C(C)C)N2C=C1. The van der Waals surface area contributed by atoms with Crippen LogP contribution in [0.3, 0.4) is 0 Å². The summed E-state index contributed by atoms with van der Waals surface area (Å²) in [5, 5.41) is 4.75. The molecule has 0 aromatic heterocycles. The van der Waals surface area contributed by atoms with Gasteiger partial charge >= 0.3 is 0 Å². The van der Waals surface area contributed by atoms with E-state index in [-0.39, 0.29) is 0 Å². The van der Waals surface area contributed by atoms with Crippen LogP contribution in [0.1, 0.15) is 34.6 Å². The van der Waals surface area contributed by atoms with Crippen LogP contribution in [0.4, 0.5) is 0 Å². The second-order valence-corrected chi connectivity index (χ2v) is 5.28. The average Bonchev–Trinajstić information content (AvgIpc) is 2.55. The lowest BCUT2D eigenvalue weighted by Gasteiger charge is -2.39. The van der Waals surface area contributed by atoms with Crippen molar-refractivity contribution in [3.05, 3.63) is 35.7 Å². The Morgan fingerprint density at radius 3 is 2.38 bits per heavy atom. The molecule has 0 aromatic carbocycles. The molecule has 0 saturated carbocycles. The maximum absolute atomic E-state index is 2.41. The van der Waals surface area contributed by atoms with Gasteiger partial charge in [0.1, 0.15) is 0 Å². The molecule has 0 radical (unpaired) electrons. The van der Waals surface area contributed by atoms with Crippen LogP contribution in [0.25, 0.3) is 0 Å². The first kappa shape index (κ1) is 11.3. The summed E-state index contributed by atoms with van der Waals surface area (Å²) in [4.78, 5) is 0. The normalized spacial score (nSPS) is 24.1. The summed E-state index contributed by atoms with van der Waals surface area (Å²) in [5.41, 5.74) is 2.79. The molecule has 1 atom stereocenters. The number of hydrogen-bond acceptors (Lipinski definition) is 2. The van der Waals surface area contributed by atoms with E-state index in [9.17, 15) is 0 Å². The fraction of sp³-hybridized carbons (Fsp3) is 0.571. The lowest BCUT2D eigenvalue weighted by molar-refractivity contribution is 0.0325.